The van der Waals surface area contributed by atoms with Crippen LogP contribution in [0.5, 0.6) is 0 Å². The van der Waals surface area contributed by atoms with Gasteiger partial charge in [0.2, 0.25) is 0 Å². The molecule has 0 amide bonds. The van der Waals surface area contributed by atoms with Gasteiger partial charge in [-0.05, 0) is 36.6 Å². The zero-order chi connectivity index (χ0) is 9.68. The molecular weight excluding hydrogens is 189 g/mol. The summed E-state index contributed by atoms with van der Waals surface area (Å²) in [6, 6.07) is 6.49. The van der Waals surface area contributed by atoms with Gasteiger partial charge in [-0.2, -0.15) is 5.26 Å². The first-order chi connectivity index (χ1) is 6.24. The van der Waals surface area contributed by atoms with Crippen LogP contribution in [0.3, 0.4) is 0 Å². The smallest absolute Gasteiger partial charge is 0.126 e. The van der Waals surface area contributed by atoms with Crippen LogP contribution in [0, 0.1) is 17.1 Å². The predicted molar refractivity (Wildman–Crippen MR) is 50.0 cm³/mol. The van der Waals surface area contributed by atoms with Gasteiger partial charge in [0.25, 0.3) is 0 Å². The second kappa shape index (κ2) is 4.84. The van der Waals surface area contributed by atoms with Crippen LogP contribution in [0.25, 0.3) is 0 Å². The van der Waals surface area contributed by atoms with Gasteiger partial charge in [0, 0.05) is 11.4 Å². The third kappa shape index (κ3) is 3.04. The molecule has 0 saturated carbocycles. The van der Waals surface area contributed by atoms with Crippen LogP contribution in [0.2, 0.25) is 5.02 Å². The Labute approximate surface area is 81.8 Å². The van der Waals surface area contributed by atoms with E-state index in [4.69, 9.17) is 16.9 Å². The number of benzene rings is 1. The molecule has 68 valence electrons. The van der Waals surface area contributed by atoms with E-state index in [9.17, 15) is 4.39 Å². The Morgan fingerprint density at radius 2 is 2.23 bits per heavy atom. The lowest BCUT2D eigenvalue weighted by atomic mass is 10.1. The first-order valence-electron chi connectivity index (χ1n) is 4.05. The first-order valence-corrected chi connectivity index (χ1v) is 4.42. The van der Waals surface area contributed by atoms with E-state index in [1.165, 1.54) is 12.1 Å². The third-order valence-electron chi connectivity index (χ3n) is 1.74. The monoisotopic (exact) mass is 197 g/mol. The van der Waals surface area contributed by atoms with Crippen molar-refractivity contribution in [2.75, 3.05) is 0 Å². The summed E-state index contributed by atoms with van der Waals surface area (Å²) in [5, 5.41) is 8.83. The quantitative estimate of drug-likeness (QED) is 0.682. The van der Waals surface area contributed by atoms with Gasteiger partial charge in [-0.25, -0.2) is 4.39 Å². The summed E-state index contributed by atoms with van der Waals surface area (Å²) >= 11 is 5.70. The Bertz CT molecular complexity index is 330. The maximum atomic E-state index is 13.1. The standard InChI is InChI=1S/C10H9ClFN/c11-9-4-5-10(12)8(7-9)3-1-2-6-13/h4-5,7H,1-3H2. The van der Waals surface area contributed by atoms with E-state index in [-0.39, 0.29) is 5.82 Å². The summed E-state index contributed by atoms with van der Waals surface area (Å²) < 4.78 is 13.1. The van der Waals surface area contributed by atoms with Gasteiger partial charge >= 0.3 is 0 Å². The van der Waals surface area contributed by atoms with Crippen LogP contribution in [0.1, 0.15) is 18.4 Å². The van der Waals surface area contributed by atoms with Crippen molar-refractivity contribution in [2.45, 2.75) is 19.3 Å². The topological polar surface area (TPSA) is 23.8 Å². The van der Waals surface area contributed by atoms with E-state index in [1.807, 2.05) is 6.07 Å². The summed E-state index contributed by atoms with van der Waals surface area (Å²) in [5.41, 5.74) is 0.586. The minimum atomic E-state index is -0.248. The molecule has 0 heterocycles. The van der Waals surface area contributed by atoms with Crippen molar-refractivity contribution in [3.05, 3.63) is 34.6 Å². The maximum absolute atomic E-state index is 13.1. The predicted octanol–water partition coefficient (Wildman–Crippen LogP) is 3.33. The van der Waals surface area contributed by atoms with E-state index in [2.05, 4.69) is 0 Å². The minimum absolute atomic E-state index is 0.248. The number of rotatable bonds is 3. The summed E-state index contributed by atoms with van der Waals surface area (Å²) in [6.07, 6.45) is 1.69. The van der Waals surface area contributed by atoms with Gasteiger partial charge in [-0.1, -0.05) is 11.6 Å². The second-order valence-electron chi connectivity index (χ2n) is 2.75. The number of aryl methyl sites for hydroxylation is 1. The van der Waals surface area contributed by atoms with E-state index < -0.39 is 0 Å². The molecular formula is C10H9ClFN. The lowest BCUT2D eigenvalue weighted by molar-refractivity contribution is 0.605. The highest BCUT2D eigenvalue weighted by Crippen LogP contribution is 2.16. The van der Waals surface area contributed by atoms with E-state index >= 15 is 0 Å². The molecule has 0 N–H and O–H groups in total. The Balaban J connectivity index is 2.65. The van der Waals surface area contributed by atoms with E-state index in [0.29, 0.717) is 29.8 Å². The van der Waals surface area contributed by atoms with Gasteiger partial charge in [0.05, 0.1) is 6.07 Å². The number of nitrogens with zero attached hydrogens (tertiary/aromatic N) is 1. The van der Waals surface area contributed by atoms with Gasteiger partial charge < -0.3 is 0 Å². The summed E-state index contributed by atoms with van der Waals surface area (Å²) in [6.45, 7) is 0. The van der Waals surface area contributed by atoms with Crippen LogP contribution in [-0.2, 0) is 6.42 Å². The summed E-state index contributed by atoms with van der Waals surface area (Å²) in [4.78, 5) is 0. The molecule has 0 radical (unpaired) electrons. The van der Waals surface area contributed by atoms with Crippen molar-refractivity contribution in [3.63, 3.8) is 0 Å². The van der Waals surface area contributed by atoms with Crippen LogP contribution in [0.15, 0.2) is 18.2 Å². The van der Waals surface area contributed by atoms with Crippen LogP contribution >= 0.6 is 11.6 Å². The normalized spacial score (nSPS) is 9.62. The van der Waals surface area contributed by atoms with Crippen molar-refractivity contribution in [1.82, 2.24) is 0 Å². The highest BCUT2D eigenvalue weighted by atomic mass is 35.5. The van der Waals surface area contributed by atoms with E-state index in [0.717, 1.165) is 0 Å². The zero-order valence-corrected chi connectivity index (χ0v) is 7.81. The van der Waals surface area contributed by atoms with Crippen LogP contribution in [-0.4, -0.2) is 0 Å². The third-order valence-corrected chi connectivity index (χ3v) is 1.98. The Morgan fingerprint density at radius 1 is 1.46 bits per heavy atom. The van der Waals surface area contributed by atoms with Crippen molar-refractivity contribution in [3.8, 4) is 6.07 Å². The molecule has 1 nitrogen and oxygen atoms in total. The molecule has 0 atom stereocenters. The number of unbranched alkanes of at least 4 members (excludes halogenated alkanes) is 1. The molecule has 0 saturated heterocycles. The zero-order valence-electron chi connectivity index (χ0n) is 7.06. The maximum Gasteiger partial charge on any atom is 0.126 e. The Kier molecular flexibility index (Phi) is 3.72. The summed E-state index contributed by atoms with van der Waals surface area (Å²) in [7, 11) is 0. The lowest BCUT2D eigenvalue weighted by Crippen LogP contribution is -1.90. The highest BCUT2D eigenvalue weighted by molar-refractivity contribution is 6.30. The Hall–Kier alpha value is -1.07. The van der Waals surface area contributed by atoms with Crippen LogP contribution < -0.4 is 0 Å². The molecule has 0 unspecified atom stereocenters. The SMILES string of the molecule is N#CCCCc1cc(Cl)ccc1F. The fourth-order valence-electron chi connectivity index (χ4n) is 1.09. The molecule has 0 aromatic heterocycles. The molecule has 3 heteroatoms. The number of halogens is 2. The Morgan fingerprint density at radius 3 is 2.92 bits per heavy atom. The molecule has 1 aromatic carbocycles. The van der Waals surface area contributed by atoms with Crippen LogP contribution in [0.4, 0.5) is 4.39 Å². The average molecular weight is 198 g/mol. The van der Waals surface area contributed by atoms with Crippen molar-refractivity contribution in [2.24, 2.45) is 0 Å². The van der Waals surface area contributed by atoms with Crippen molar-refractivity contribution >= 4 is 11.6 Å². The van der Waals surface area contributed by atoms with E-state index in [1.54, 1.807) is 6.07 Å². The first kappa shape index (κ1) is 10.0. The number of hydrogen-bond acceptors (Lipinski definition) is 1. The molecule has 0 fully saturated rings. The molecule has 0 aliphatic heterocycles. The molecule has 0 bridgehead atoms. The van der Waals surface area contributed by atoms with Crippen molar-refractivity contribution < 1.29 is 4.39 Å². The van der Waals surface area contributed by atoms with Gasteiger partial charge in [0.1, 0.15) is 5.82 Å². The molecule has 0 aliphatic carbocycles. The number of nitriles is 1. The number of hydrogen-bond donors (Lipinski definition) is 0. The average Bonchev–Trinajstić information content (AvgIpc) is 2.11. The van der Waals surface area contributed by atoms with Gasteiger partial charge in [-0.3, -0.25) is 0 Å². The highest BCUT2D eigenvalue weighted by Gasteiger charge is 2.01. The fraction of sp³-hybridized carbons (Fsp3) is 0.300. The molecule has 0 spiro atoms. The van der Waals surface area contributed by atoms with Crippen molar-refractivity contribution in [1.29, 1.82) is 5.26 Å². The lowest BCUT2D eigenvalue weighted by Gasteiger charge is -2.01. The van der Waals surface area contributed by atoms with Gasteiger partial charge in [-0.15, -0.1) is 0 Å². The fourth-order valence-corrected chi connectivity index (χ4v) is 1.29. The summed E-state index contributed by atoms with van der Waals surface area (Å²) in [5.74, 6) is -0.248. The minimum Gasteiger partial charge on any atom is -0.207 e. The molecule has 1 rings (SSSR count). The molecule has 13 heavy (non-hydrogen) atoms. The second-order valence-corrected chi connectivity index (χ2v) is 3.18. The largest absolute Gasteiger partial charge is 0.207 e. The van der Waals surface area contributed by atoms with Gasteiger partial charge in [0.15, 0.2) is 0 Å². The molecule has 1 aromatic rings. The molecule has 0 aliphatic rings.